The Balaban J connectivity index is 2.03. The third-order valence-corrected chi connectivity index (χ3v) is 4.23. The Labute approximate surface area is 120 Å². The maximum atomic E-state index is 13.6. The Hall–Kier alpha value is -1.42. The van der Waals surface area contributed by atoms with Crippen molar-refractivity contribution in [2.75, 3.05) is 6.54 Å². The van der Waals surface area contributed by atoms with E-state index >= 15 is 0 Å². The number of amides is 1. The van der Waals surface area contributed by atoms with E-state index in [4.69, 9.17) is 0 Å². The van der Waals surface area contributed by atoms with E-state index in [1.807, 2.05) is 6.92 Å². The van der Waals surface area contributed by atoms with Crippen LogP contribution in [0, 0.1) is 19.7 Å². The van der Waals surface area contributed by atoms with Gasteiger partial charge in [0, 0.05) is 6.54 Å². The van der Waals surface area contributed by atoms with Gasteiger partial charge in [-0.15, -0.1) is 0 Å². The summed E-state index contributed by atoms with van der Waals surface area (Å²) < 4.78 is 13.6. The number of carbonyl (C=O) groups excluding carboxylic acids is 1. The molecule has 20 heavy (non-hydrogen) atoms. The van der Waals surface area contributed by atoms with Crippen LogP contribution in [0.4, 0.5) is 4.39 Å². The summed E-state index contributed by atoms with van der Waals surface area (Å²) in [5.74, 6) is -0.111. The first-order chi connectivity index (χ1) is 9.48. The molecule has 0 spiro atoms. The van der Waals surface area contributed by atoms with Crippen LogP contribution in [-0.2, 0) is 11.3 Å². The molecule has 1 unspecified atom stereocenters. The van der Waals surface area contributed by atoms with Crippen molar-refractivity contribution in [2.24, 2.45) is 0 Å². The van der Waals surface area contributed by atoms with Crippen LogP contribution in [0.2, 0.25) is 0 Å². The van der Waals surface area contributed by atoms with Crippen LogP contribution in [0.1, 0.15) is 42.9 Å². The smallest absolute Gasteiger partial charge is 0.240 e. The first-order valence-corrected chi connectivity index (χ1v) is 7.27. The number of halogens is 1. The lowest BCUT2D eigenvalue weighted by molar-refractivity contribution is -0.127. The molecule has 1 aliphatic rings. The minimum Gasteiger partial charge on any atom is -0.350 e. The van der Waals surface area contributed by atoms with E-state index in [1.54, 1.807) is 26.0 Å². The van der Waals surface area contributed by atoms with E-state index in [2.05, 4.69) is 10.6 Å². The molecule has 1 atom stereocenters. The average Bonchev–Trinajstić information content (AvgIpc) is 2.92. The van der Waals surface area contributed by atoms with Crippen molar-refractivity contribution in [3.05, 3.63) is 34.6 Å². The third-order valence-electron chi connectivity index (χ3n) is 4.23. The molecule has 0 aromatic heterocycles. The standard InChI is InChI=1S/C16H23FN2O/c1-4-16(6-5-7-19-16)15(20)18-10-13-8-11(2)14(17)12(3)9-13/h8-9,19H,4-7,10H2,1-3H3,(H,18,20). The molecule has 2 N–H and O–H groups in total. The summed E-state index contributed by atoms with van der Waals surface area (Å²) in [6.07, 6.45) is 2.72. The summed E-state index contributed by atoms with van der Waals surface area (Å²) in [6, 6.07) is 3.59. The molecular weight excluding hydrogens is 255 g/mol. The summed E-state index contributed by atoms with van der Waals surface area (Å²) in [5, 5.41) is 6.30. The zero-order valence-corrected chi connectivity index (χ0v) is 12.5. The highest BCUT2D eigenvalue weighted by Gasteiger charge is 2.38. The van der Waals surface area contributed by atoms with Crippen LogP contribution < -0.4 is 10.6 Å². The number of hydrogen-bond acceptors (Lipinski definition) is 2. The molecule has 0 radical (unpaired) electrons. The van der Waals surface area contributed by atoms with Gasteiger partial charge in [0.25, 0.3) is 0 Å². The van der Waals surface area contributed by atoms with Crippen LogP contribution >= 0.6 is 0 Å². The van der Waals surface area contributed by atoms with E-state index in [1.165, 1.54) is 0 Å². The molecule has 0 saturated carbocycles. The normalized spacial score (nSPS) is 22.0. The lowest BCUT2D eigenvalue weighted by atomic mass is 9.93. The van der Waals surface area contributed by atoms with Gasteiger partial charge in [0.15, 0.2) is 0 Å². The van der Waals surface area contributed by atoms with Gasteiger partial charge in [-0.3, -0.25) is 4.79 Å². The highest BCUT2D eigenvalue weighted by atomic mass is 19.1. The van der Waals surface area contributed by atoms with Gasteiger partial charge in [-0.05, 0) is 56.3 Å². The molecule has 2 rings (SSSR count). The molecule has 1 aliphatic heterocycles. The average molecular weight is 278 g/mol. The molecule has 1 aromatic rings. The molecule has 0 bridgehead atoms. The Morgan fingerprint density at radius 3 is 2.55 bits per heavy atom. The van der Waals surface area contributed by atoms with Gasteiger partial charge in [0.05, 0.1) is 5.54 Å². The van der Waals surface area contributed by atoms with Gasteiger partial charge < -0.3 is 10.6 Å². The van der Waals surface area contributed by atoms with E-state index < -0.39 is 5.54 Å². The van der Waals surface area contributed by atoms with Crippen molar-refractivity contribution < 1.29 is 9.18 Å². The van der Waals surface area contributed by atoms with E-state index in [9.17, 15) is 9.18 Å². The second-order valence-electron chi connectivity index (χ2n) is 5.69. The maximum absolute atomic E-state index is 13.6. The predicted octanol–water partition coefficient (Wildman–Crippen LogP) is 2.59. The SMILES string of the molecule is CCC1(C(=O)NCc2cc(C)c(F)c(C)c2)CCCN1. The van der Waals surface area contributed by atoms with Crippen molar-refractivity contribution in [3.63, 3.8) is 0 Å². The molecule has 1 amide bonds. The lowest BCUT2D eigenvalue weighted by Gasteiger charge is -2.26. The molecule has 1 aromatic carbocycles. The van der Waals surface area contributed by atoms with Crippen molar-refractivity contribution >= 4 is 5.91 Å². The first-order valence-electron chi connectivity index (χ1n) is 7.27. The molecule has 1 heterocycles. The van der Waals surface area contributed by atoms with Gasteiger partial charge >= 0.3 is 0 Å². The fourth-order valence-electron chi connectivity index (χ4n) is 2.95. The fraction of sp³-hybridized carbons (Fsp3) is 0.562. The molecule has 110 valence electrons. The van der Waals surface area contributed by atoms with Crippen LogP contribution in [0.25, 0.3) is 0 Å². The minimum absolute atomic E-state index is 0.0529. The Bertz CT molecular complexity index is 484. The summed E-state index contributed by atoms with van der Waals surface area (Å²) in [6.45, 7) is 6.88. The van der Waals surface area contributed by atoms with Gasteiger partial charge in [-0.1, -0.05) is 19.1 Å². The Kier molecular flexibility index (Phi) is 4.43. The second-order valence-corrected chi connectivity index (χ2v) is 5.69. The third kappa shape index (κ3) is 2.85. The van der Waals surface area contributed by atoms with Gasteiger partial charge in [-0.25, -0.2) is 4.39 Å². The zero-order valence-electron chi connectivity index (χ0n) is 12.5. The van der Waals surface area contributed by atoms with Crippen LogP contribution in [0.3, 0.4) is 0 Å². The minimum atomic E-state index is -0.413. The van der Waals surface area contributed by atoms with Crippen molar-refractivity contribution in [2.45, 2.75) is 52.1 Å². The lowest BCUT2D eigenvalue weighted by Crippen LogP contribution is -2.52. The summed E-state index contributed by atoms with van der Waals surface area (Å²) in [4.78, 5) is 12.4. The van der Waals surface area contributed by atoms with E-state index in [0.717, 1.165) is 31.4 Å². The number of benzene rings is 1. The zero-order chi connectivity index (χ0) is 14.8. The molecule has 1 fully saturated rings. The molecular formula is C16H23FN2O. The molecule has 0 aliphatic carbocycles. The highest BCUT2D eigenvalue weighted by molar-refractivity contribution is 5.86. The number of carbonyl (C=O) groups is 1. The van der Waals surface area contributed by atoms with Crippen molar-refractivity contribution in [3.8, 4) is 0 Å². The summed E-state index contributed by atoms with van der Waals surface area (Å²) >= 11 is 0. The van der Waals surface area contributed by atoms with Crippen LogP contribution in [0.5, 0.6) is 0 Å². The first kappa shape index (κ1) is 15.0. The predicted molar refractivity (Wildman–Crippen MR) is 78.0 cm³/mol. The summed E-state index contributed by atoms with van der Waals surface area (Å²) in [5.41, 5.74) is 1.78. The Morgan fingerprint density at radius 1 is 1.40 bits per heavy atom. The fourth-order valence-corrected chi connectivity index (χ4v) is 2.95. The quantitative estimate of drug-likeness (QED) is 0.889. The highest BCUT2D eigenvalue weighted by Crippen LogP contribution is 2.23. The van der Waals surface area contributed by atoms with E-state index in [-0.39, 0.29) is 11.7 Å². The molecule has 4 heteroatoms. The Morgan fingerprint density at radius 2 is 2.05 bits per heavy atom. The maximum Gasteiger partial charge on any atom is 0.240 e. The largest absolute Gasteiger partial charge is 0.350 e. The molecule has 1 saturated heterocycles. The van der Waals surface area contributed by atoms with Crippen molar-refractivity contribution in [1.29, 1.82) is 0 Å². The van der Waals surface area contributed by atoms with Crippen LogP contribution in [-0.4, -0.2) is 18.0 Å². The van der Waals surface area contributed by atoms with Gasteiger partial charge in [-0.2, -0.15) is 0 Å². The molecule has 3 nitrogen and oxygen atoms in total. The van der Waals surface area contributed by atoms with Crippen molar-refractivity contribution in [1.82, 2.24) is 10.6 Å². The van der Waals surface area contributed by atoms with Crippen LogP contribution in [0.15, 0.2) is 12.1 Å². The monoisotopic (exact) mass is 278 g/mol. The number of nitrogens with one attached hydrogen (secondary N) is 2. The number of aryl methyl sites for hydroxylation is 2. The van der Waals surface area contributed by atoms with E-state index in [0.29, 0.717) is 17.7 Å². The second kappa shape index (κ2) is 5.92. The van der Waals surface area contributed by atoms with Gasteiger partial charge in [0.1, 0.15) is 5.82 Å². The van der Waals surface area contributed by atoms with Gasteiger partial charge in [0.2, 0.25) is 5.91 Å². The number of hydrogen-bond donors (Lipinski definition) is 2. The summed E-state index contributed by atoms with van der Waals surface area (Å²) in [7, 11) is 0. The topological polar surface area (TPSA) is 41.1 Å². The number of rotatable bonds is 4.